The van der Waals surface area contributed by atoms with E-state index in [9.17, 15) is 4.79 Å². The summed E-state index contributed by atoms with van der Waals surface area (Å²) in [5.41, 5.74) is 2.34. The van der Waals surface area contributed by atoms with Crippen molar-refractivity contribution in [1.82, 2.24) is 14.8 Å². The second-order valence-corrected chi connectivity index (χ2v) is 4.39. The largest absolute Gasteiger partial charge is 0.497 e. The van der Waals surface area contributed by atoms with Gasteiger partial charge in [-0.25, -0.2) is 9.31 Å². The van der Waals surface area contributed by atoms with Crippen LogP contribution in [0.3, 0.4) is 0 Å². The maximum atomic E-state index is 11.1. The van der Waals surface area contributed by atoms with Crippen LogP contribution in [0.4, 0.5) is 0 Å². The number of nitrogens with zero attached hydrogens (tertiary/aromatic N) is 3. The Morgan fingerprint density at radius 3 is 2.76 bits per heavy atom. The number of rotatable bonds is 3. The third-order valence-electron chi connectivity index (χ3n) is 3.19. The molecular weight excluding hydrogens is 270 g/mol. The molecule has 0 bridgehead atoms. The number of ether oxygens (including phenoxy) is 2. The summed E-state index contributed by atoms with van der Waals surface area (Å²) < 4.78 is 11.5. The predicted octanol–water partition coefficient (Wildman–Crippen LogP) is 2.08. The Labute approximate surface area is 120 Å². The maximum absolute atomic E-state index is 11.1. The van der Waals surface area contributed by atoms with Crippen molar-refractivity contribution >= 4 is 28.5 Å². The van der Waals surface area contributed by atoms with Crippen LogP contribution in [0.5, 0.6) is 5.75 Å². The molecule has 0 N–H and O–H groups in total. The summed E-state index contributed by atoms with van der Waals surface area (Å²) in [5, 5.41) is 9.21. The van der Waals surface area contributed by atoms with Crippen molar-refractivity contribution in [2.75, 3.05) is 14.2 Å². The lowest BCUT2D eigenvalue weighted by molar-refractivity contribution is -0.134. The molecule has 0 aliphatic heterocycles. The average Bonchev–Trinajstić information content (AvgIpc) is 2.95. The van der Waals surface area contributed by atoms with Crippen molar-refractivity contribution in [1.29, 1.82) is 0 Å². The van der Waals surface area contributed by atoms with Crippen molar-refractivity contribution < 1.29 is 14.3 Å². The summed E-state index contributed by atoms with van der Waals surface area (Å²) in [5.74, 6) is 0.356. The third kappa shape index (κ3) is 2.31. The van der Waals surface area contributed by atoms with Gasteiger partial charge >= 0.3 is 5.97 Å². The lowest BCUT2D eigenvalue weighted by Crippen LogP contribution is -1.93. The summed E-state index contributed by atoms with van der Waals surface area (Å²) in [4.78, 5) is 11.1. The molecule has 6 heteroatoms. The van der Waals surface area contributed by atoms with E-state index in [-0.39, 0.29) is 0 Å². The van der Waals surface area contributed by atoms with Crippen molar-refractivity contribution in [3.8, 4) is 5.75 Å². The topological polar surface area (TPSA) is 65.7 Å². The minimum atomic E-state index is -0.429. The number of hydrogen-bond acceptors (Lipinski definition) is 5. The molecular formula is C15H13N3O3. The Morgan fingerprint density at radius 1 is 1.19 bits per heavy atom. The van der Waals surface area contributed by atoms with Crippen LogP contribution in [0.2, 0.25) is 0 Å². The molecule has 0 unspecified atom stereocenters. The number of esters is 1. The van der Waals surface area contributed by atoms with Crippen LogP contribution in [-0.4, -0.2) is 35.0 Å². The molecule has 3 rings (SSSR count). The van der Waals surface area contributed by atoms with E-state index in [0.717, 1.165) is 22.2 Å². The van der Waals surface area contributed by atoms with Crippen LogP contribution >= 0.6 is 0 Å². The Balaban J connectivity index is 2.13. The second kappa shape index (κ2) is 5.24. The summed E-state index contributed by atoms with van der Waals surface area (Å²) in [6.07, 6.45) is 2.91. The van der Waals surface area contributed by atoms with Crippen molar-refractivity contribution in [2.24, 2.45) is 0 Å². The Kier molecular flexibility index (Phi) is 3.27. The number of pyridine rings is 1. The van der Waals surface area contributed by atoms with Crippen LogP contribution in [0.15, 0.2) is 36.4 Å². The van der Waals surface area contributed by atoms with Gasteiger partial charge in [0.05, 0.1) is 25.3 Å². The van der Waals surface area contributed by atoms with Crippen molar-refractivity contribution in [3.63, 3.8) is 0 Å². The van der Waals surface area contributed by atoms with Crippen molar-refractivity contribution in [2.45, 2.75) is 0 Å². The fourth-order valence-corrected chi connectivity index (χ4v) is 2.12. The average molecular weight is 283 g/mol. The molecule has 0 aliphatic rings. The molecule has 1 aromatic carbocycles. The van der Waals surface area contributed by atoms with Gasteiger partial charge in [0.1, 0.15) is 11.4 Å². The molecule has 0 spiro atoms. The van der Waals surface area contributed by atoms with Gasteiger partial charge in [-0.3, -0.25) is 0 Å². The molecule has 21 heavy (non-hydrogen) atoms. The first-order chi connectivity index (χ1) is 10.2. The summed E-state index contributed by atoms with van der Waals surface area (Å²) in [7, 11) is 2.96. The van der Waals surface area contributed by atoms with Gasteiger partial charge in [0.25, 0.3) is 0 Å². The molecule has 0 atom stereocenters. The van der Waals surface area contributed by atoms with Gasteiger partial charge in [-0.2, -0.15) is 0 Å². The molecule has 0 amide bonds. The van der Waals surface area contributed by atoms with E-state index in [4.69, 9.17) is 4.74 Å². The maximum Gasteiger partial charge on any atom is 0.330 e. The molecule has 0 radical (unpaired) electrons. The molecule has 2 heterocycles. The Morgan fingerprint density at radius 2 is 2.00 bits per heavy atom. The van der Waals surface area contributed by atoms with Gasteiger partial charge in [0.15, 0.2) is 0 Å². The lowest BCUT2D eigenvalue weighted by atomic mass is 10.2. The second-order valence-electron chi connectivity index (χ2n) is 4.39. The monoisotopic (exact) mass is 283 g/mol. The van der Waals surface area contributed by atoms with Gasteiger partial charge < -0.3 is 9.47 Å². The number of hydrogen-bond donors (Lipinski definition) is 0. The van der Waals surface area contributed by atoms with E-state index < -0.39 is 5.97 Å². The highest BCUT2D eigenvalue weighted by Gasteiger charge is 2.07. The molecule has 2 aromatic heterocycles. The Hall–Kier alpha value is -2.89. The molecule has 0 saturated carbocycles. The van der Waals surface area contributed by atoms with Gasteiger partial charge in [-0.15, -0.1) is 5.10 Å². The highest BCUT2D eigenvalue weighted by atomic mass is 16.5. The van der Waals surface area contributed by atoms with E-state index in [1.165, 1.54) is 13.2 Å². The van der Waals surface area contributed by atoms with E-state index in [1.807, 2.05) is 30.3 Å². The highest BCUT2D eigenvalue weighted by Crippen LogP contribution is 2.23. The van der Waals surface area contributed by atoms with E-state index >= 15 is 0 Å². The van der Waals surface area contributed by atoms with Gasteiger partial charge in [0, 0.05) is 11.5 Å². The van der Waals surface area contributed by atoms with E-state index in [1.54, 1.807) is 17.7 Å². The summed E-state index contributed by atoms with van der Waals surface area (Å²) >= 11 is 0. The fraction of sp³-hybridized carbons (Fsp3) is 0.133. The van der Waals surface area contributed by atoms with Crippen molar-refractivity contribution in [3.05, 3.63) is 42.1 Å². The zero-order valence-corrected chi connectivity index (χ0v) is 11.6. The number of aromatic nitrogens is 3. The molecule has 6 nitrogen and oxygen atoms in total. The van der Waals surface area contributed by atoms with E-state index in [2.05, 4.69) is 15.0 Å². The SMILES string of the molecule is COC(=O)/C=C/c1nnn2c1ccc1cc(OC)ccc12. The molecule has 0 saturated heterocycles. The predicted molar refractivity (Wildman–Crippen MR) is 78.1 cm³/mol. The summed E-state index contributed by atoms with van der Waals surface area (Å²) in [6.45, 7) is 0. The zero-order valence-electron chi connectivity index (χ0n) is 11.6. The highest BCUT2D eigenvalue weighted by molar-refractivity contribution is 5.89. The molecule has 3 aromatic rings. The normalized spacial score (nSPS) is 11.3. The van der Waals surface area contributed by atoms with Gasteiger partial charge in [-0.1, -0.05) is 11.3 Å². The quantitative estimate of drug-likeness (QED) is 0.544. The third-order valence-corrected chi connectivity index (χ3v) is 3.19. The molecule has 0 aliphatic carbocycles. The zero-order chi connectivity index (χ0) is 14.8. The number of carbonyl (C=O) groups is 1. The van der Waals surface area contributed by atoms with Crippen LogP contribution in [0.25, 0.3) is 22.5 Å². The van der Waals surface area contributed by atoms with Gasteiger partial charge in [0.2, 0.25) is 0 Å². The van der Waals surface area contributed by atoms with E-state index in [0.29, 0.717) is 5.69 Å². The number of benzene rings is 1. The first-order valence-corrected chi connectivity index (χ1v) is 6.31. The molecule has 106 valence electrons. The van der Waals surface area contributed by atoms with Crippen LogP contribution in [-0.2, 0) is 9.53 Å². The fourth-order valence-electron chi connectivity index (χ4n) is 2.12. The van der Waals surface area contributed by atoms with Crippen LogP contribution in [0, 0.1) is 0 Å². The minimum absolute atomic E-state index is 0.429. The smallest absolute Gasteiger partial charge is 0.330 e. The minimum Gasteiger partial charge on any atom is -0.497 e. The summed E-state index contributed by atoms with van der Waals surface area (Å²) in [6, 6.07) is 9.59. The number of carbonyl (C=O) groups excluding carboxylic acids is 1. The number of fused-ring (bicyclic) bond motifs is 3. The first kappa shape index (κ1) is 13.1. The molecule has 0 fully saturated rings. The van der Waals surface area contributed by atoms with Crippen LogP contribution in [0.1, 0.15) is 5.69 Å². The Bertz CT molecular complexity index is 852. The van der Waals surface area contributed by atoms with Crippen LogP contribution < -0.4 is 4.74 Å². The standard InChI is InChI=1S/C15H13N3O3/c1-20-11-4-7-13-10(9-11)3-6-14-12(16-17-18(13)14)5-8-15(19)21-2/h3-9H,1-2H3/b8-5+. The van der Waals surface area contributed by atoms with Gasteiger partial charge in [-0.05, 0) is 30.3 Å². The lowest BCUT2D eigenvalue weighted by Gasteiger charge is -2.03. The number of methoxy groups -OCH3 is 2. The first-order valence-electron chi connectivity index (χ1n) is 6.31.